The lowest BCUT2D eigenvalue weighted by Gasteiger charge is -2.08. The number of hydrogen-bond donors (Lipinski definition) is 2. The van der Waals surface area contributed by atoms with Crippen molar-refractivity contribution in [2.45, 2.75) is 41.2 Å². The summed E-state index contributed by atoms with van der Waals surface area (Å²) in [4.78, 5) is 8.74. The van der Waals surface area contributed by atoms with Crippen LogP contribution in [0.5, 0.6) is 0 Å². The smallest absolute Gasteiger partial charge is 0.0923 e. The normalized spacial score (nSPS) is 9.87. The van der Waals surface area contributed by atoms with Gasteiger partial charge in [-0.2, -0.15) is 5.10 Å². The minimum absolute atomic E-state index is 0.851. The number of H-pyrrole nitrogens is 1. The molecule has 0 radical (unpaired) electrons. The summed E-state index contributed by atoms with van der Waals surface area (Å²) in [5.41, 5.74) is 8.84. The Morgan fingerprint density at radius 3 is 2.19 bits per heavy atom. The lowest BCUT2D eigenvalue weighted by molar-refractivity contribution is 0.812. The van der Waals surface area contributed by atoms with E-state index in [-0.39, 0.29) is 0 Å². The number of nitrogens with zero attached hydrogens (tertiary/aromatic N) is 3. The van der Waals surface area contributed by atoms with Gasteiger partial charge in [-0.3, -0.25) is 15.1 Å². The van der Waals surface area contributed by atoms with Gasteiger partial charge in [0.05, 0.1) is 11.4 Å². The standard InChI is InChI=1S/C14H17N3.C10H10N2.C2H6/c1-10-6-12(8-15-3)9-17-14(10)13-4-5-16-11(2)7-13;1-8-7-10(12-11-8)9-5-3-2-4-6-9;1-2/h4-7,9,15H,8H2,1-3H3;2-7H,1H3,(H,11,12);1-2H3. The van der Waals surface area contributed by atoms with Crippen molar-refractivity contribution in [2.75, 3.05) is 7.05 Å². The van der Waals surface area contributed by atoms with Gasteiger partial charge in [0, 0.05) is 41.5 Å². The predicted octanol–water partition coefficient (Wildman–Crippen LogP) is 5.89. The van der Waals surface area contributed by atoms with Gasteiger partial charge in [-0.1, -0.05) is 50.2 Å². The number of rotatable bonds is 4. The van der Waals surface area contributed by atoms with E-state index in [9.17, 15) is 0 Å². The van der Waals surface area contributed by atoms with Crippen LogP contribution in [0.1, 0.15) is 36.4 Å². The SMILES string of the molecule is CC.CNCc1cnc(-c2ccnc(C)c2)c(C)c1.Cc1cc(-c2ccccc2)n[nH]1. The molecule has 0 atom stereocenters. The Morgan fingerprint density at radius 2 is 1.61 bits per heavy atom. The first-order valence-electron chi connectivity index (χ1n) is 10.7. The fourth-order valence-corrected chi connectivity index (χ4v) is 3.10. The zero-order valence-electron chi connectivity index (χ0n) is 19.4. The molecule has 0 amide bonds. The maximum Gasteiger partial charge on any atom is 0.0923 e. The first-order chi connectivity index (χ1) is 15.1. The molecule has 4 aromatic rings. The predicted molar refractivity (Wildman–Crippen MR) is 130 cm³/mol. The topological polar surface area (TPSA) is 66.5 Å². The molecule has 5 heteroatoms. The number of pyridine rings is 2. The molecule has 0 unspecified atom stereocenters. The van der Waals surface area contributed by atoms with Gasteiger partial charge in [0.2, 0.25) is 0 Å². The molecule has 31 heavy (non-hydrogen) atoms. The summed E-state index contributed by atoms with van der Waals surface area (Å²) in [6.45, 7) is 10.9. The van der Waals surface area contributed by atoms with Crippen molar-refractivity contribution in [2.24, 2.45) is 0 Å². The molecule has 3 aromatic heterocycles. The molecule has 0 aliphatic carbocycles. The third kappa shape index (κ3) is 7.15. The molecular formula is C26H33N5. The Hall–Kier alpha value is -3.31. The second-order valence-electron chi connectivity index (χ2n) is 7.03. The molecule has 0 saturated heterocycles. The van der Waals surface area contributed by atoms with Crippen LogP contribution in [0.25, 0.3) is 22.5 Å². The van der Waals surface area contributed by atoms with Crippen molar-refractivity contribution >= 4 is 0 Å². The van der Waals surface area contributed by atoms with Crippen LogP contribution < -0.4 is 5.32 Å². The van der Waals surface area contributed by atoms with Gasteiger partial charge in [-0.05, 0) is 57.1 Å². The van der Waals surface area contributed by atoms with Gasteiger partial charge >= 0.3 is 0 Å². The highest BCUT2D eigenvalue weighted by atomic mass is 15.1. The van der Waals surface area contributed by atoms with Crippen molar-refractivity contribution in [3.8, 4) is 22.5 Å². The maximum absolute atomic E-state index is 4.54. The van der Waals surface area contributed by atoms with Crippen LogP contribution >= 0.6 is 0 Å². The summed E-state index contributed by atoms with van der Waals surface area (Å²) >= 11 is 0. The minimum atomic E-state index is 0.851. The van der Waals surface area contributed by atoms with Gasteiger partial charge in [0.1, 0.15) is 0 Å². The number of nitrogens with one attached hydrogen (secondary N) is 2. The Morgan fingerprint density at radius 1 is 0.871 bits per heavy atom. The van der Waals surface area contributed by atoms with Crippen LogP contribution in [-0.2, 0) is 6.54 Å². The molecule has 1 aromatic carbocycles. The molecule has 3 heterocycles. The lowest BCUT2D eigenvalue weighted by atomic mass is 10.1. The van der Waals surface area contributed by atoms with Crippen molar-refractivity contribution in [1.29, 1.82) is 0 Å². The third-order valence-corrected chi connectivity index (χ3v) is 4.46. The quantitative estimate of drug-likeness (QED) is 0.436. The van der Waals surface area contributed by atoms with Crippen molar-refractivity contribution in [3.05, 3.63) is 89.5 Å². The number of benzene rings is 1. The Labute approximate surface area is 186 Å². The van der Waals surface area contributed by atoms with E-state index in [2.05, 4.69) is 56.7 Å². The second kappa shape index (κ2) is 12.4. The first-order valence-corrected chi connectivity index (χ1v) is 10.7. The van der Waals surface area contributed by atoms with E-state index in [0.29, 0.717) is 0 Å². The Bertz CT molecular complexity index is 1050. The molecule has 0 aliphatic rings. The third-order valence-electron chi connectivity index (χ3n) is 4.46. The van der Waals surface area contributed by atoms with Crippen molar-refractivity contribution < 1.29 is 0 Å². The highest BCUT2D eigenvalue weighted by Gasteiger charge is 2.05. The van der Waals surface area contributed by atoms with Crippen LogP contribution in [0.4, 0.5) is 0 Å². The van der Waals surface area contributed by atoms with Crippen LogP contribution in [0.15, 0.2) is 67.0 Å². The summed E-state index contributed by atoms with van der Waals surface area (Å²) in [7, 11) is 1.94. The van der Waals surface area contributed by atoms with E-state index in [1.165, 1.54) is 11.1 Å². The van der Waals surface area contributed by atoms with E-state index in [1.807, 2.05) is 77.5 Å². The van der Waals surface area contributed by atoms with E-state index in [4.69, 9.17) is 0 Å². The molecule has 162 valence electrons. The van der Waals surface area contributed by atoms with E-state index >= 15 is 0 Å². The van der Waals surface area contributed by atoms with Crippen LogP contribution in [0.2, 0.25) is 0 Å². The molecule has 5 nitrogen and oxygen atoms in total. The number of hydrogen-bond acceptors (Lipinski definition) is 4. The van der Waals surface area contributed by atoms with Gasteiger partial charge < -0.3 is 5.32 Å². The summed E-state index contributed by atoms with van der Waals surface area (Å²) in [5.74, 6) is 0. The summed E-state index contributed by atoms with van der Waals surface area (Å²) in [5, 5.41) is 10.2. The molecule has 0 bridgehead atoms. The number of aryl methyl sites for hydroxylation is 3. The van der Waals surface area contributed by atoms with Gasteiger partial charge in [0.15, 0.2) is 0 Å². The summed E-state index contributed by atoms with van der Waals surface area (Å²) in [6.07, 6.45) is 3.75. The maximum atomic E-state index is 4.54. The van der Waals surface area contributed by atoms with Crippen molar-refractivity contribution in [3.63, 3.8) is 0 Å². The monoisotopic (exact) mass is 415 g/mol. The van der Waals surface area contributed by atoms with Gasteiger partial charge in [-0.15, -0.1) is 0 Å². The van der Waals surface area contributed by atoms with Gasteiger partial charge in [0.25, 0.3) is 0 Å². The zero-order valence-corrected chi connectivity index (χ0v) is 19.4. The lowest BCUT2D eigenvalue weighted by Crippen LogP contribution is -2.06. The van der Waals surface area contributed by atoms with Gasteiger partial charge in [-0.25, -0.2) is 0 Å². The average molecular weight is 416 g/mol. The van der Waals surface area contributed by atoms with Crippen LogP contribution in [0.3, 0.4) is 0 Å². The summed E-state index contributed by atoms with van der Waals surface area (Å²) in [6, 6.07) is 18.4. The molecule has 0 spiro atoms. The molecule has 0 aliphatic heterocycles. The number of aromatic amines is 1. The zero-order chi connectivity index (χ0) is 22.6. The molecule has 2 N–H and O–H groups in total. The first kappa shape index (κ1) is 24.0. The van der Waals surface area contributed by atoms with E-state index in [1.54, 1.807) is 0 Å². The second-order valence-corrected chi connectivity index (χ2v) is 7.03. The number of aromatic nitrogens is 4. The minimum Gasteiger partial charge on any atom is -0.316 e. The fraction of sp³-hybridized carbons (Fsp3) is 0.269. The average Bonchev–Trinajstić information content (AvgIpc) is 3.23. The largest absolute Gasteiger partial charge is 0.316 e. The highest BCUT2D eigenvalue weighted by molar-refractivity contribution is 5.63. The molecule has 4 rings (SSSR count). The van der Waals surface area contributed by atoms with Crippen LogP contribution in [-0.4, -0.2) is 27.2 Å². The highest BCUT2D eigenvalue weighted by Crippen LogP contribution is 2.21. The molecule has 0 saturated carbocycles. The fourth-order valence-electron chi connectivity index (χ4n) is 3.10. The van der Waals surface area contributed by atoms with Crippen molar-refractivity contribution in [1.82, 2.24) is 25.5 Å². The van der Waals surface area contributed by atoms with E-state index in [0.717, 1.165) is 40.4 Å². The van der Waals surface area contributed by atoms with Crippen LogP contribution in [0, 0.1) is 20.8 Å². The Balaban J connectivity index is 0.000000214. The Kier molecular flexibility index (Phi) is 9.59. The van der Waals surface area contributed by atoms with E-state index < -0.39 is 0 Å². The summed E-state index contributed by atoms with van der Waals surface area (Å²) < 4.78 is 0. The molecule has 0 fully saturated rings. The molecular weight excluding hydrogens is 382 g/mol.